The van der Waals surface area contributed by atoms with Crippen molar-refractivity contribution in [3.05, 3.63) is 256 Å². The summed E-state index contributed by atoms with van der Waals surface area (Å²) < 4.78 is 13.1. The van der Waals surface area contributed by atoms with Crippen LogP contribution in [0.5, 0.6) is 11.5 Å². The fourth-order valence-electron chi connectivity index (χ4n) is 10.1. The third-order valence-electron chi connectivity index (χ3n) is 14.4. The molecule has 2 N–H and O–H groups in total. The number of aliphatic imine (C=N–C) groups is 1. The first kappa shape index (κ1) is 57.0. The van der Waals surface area contributed by atoms with E-state index in [-0.39, 0.29) is 5.57 Å². The number of hydrogen-bond donors (Lipinski definition) is 2. The van der Waals surface area contributed by atoms with Crippen LogP contribution in [0.1, 0.15) is 111 Å². The normalized spacial score (nSPS) is 13.0. The summed E-state index contributed by atoms with van der Waals surface area (Å²) in [5.74, 6) is 0.0590. The molecule has 0 amide bonds. The molecule has 2 heterocycles. The first-order chi connectivity index (χ1) is 40.2. The van der Waals surface area contributed by atoms with E-state index < -0.39 is 5.97 Å². The number of unbranched alkanes of at least 4 members (excludes halogenated alkanes) is 6. The Morgan fingerprint density at radius 1 is 0.573 bits per heavy atom. The van der Waals surface area contributed by atoms with Gasteiger partial charge in [-0.05, 0) is 164 Å². The summed E-state index contributed by atoms with van der Waals surface area (Å²) in [7, 11) is 0. The highest BCUT2D eigenvalue weighted by atomic mass is 16.5. The summed E-state index contributed by atoms with van der Waals surface area (Å²) in [6, 6.07) is 66.1. The van der Waals surface area contributed by atoms with Crippen molar-refractivity contribution >= 4 is 75.7 Å². The molecule has 0 atom stereocenters. The molecule has 0 saturated carbocycles. The maximum Gasteiger partial charge on any atom is 0.346 e. The molecule has 9 rings (SSSR count). The molecule has 1 aliphatic heterocycles. The predicted octanol–water partition coefficient (Wildman–Crippen LogP) is 19.2. The second-order valence-corrected chi connectivity index (χ2v) is 20.4. The highest BCUT2D eigenvalue weighted by molar-refractivity contribution is 6.11. The van der Waals surface area contributed by atoms with Crippen molar-refractivity contribution in [2.45, 2.75) is 79.1 Å². The molecule has 0 fully saturated rings. The Kier molecular flexibility index (Phi) is 19.8. The van der Waals surface area contributed by atoms with Gasteiger partial charge in [-0.3, -0.25) is 0 Å². The fraction of sp³-hybridized carbons (Fsp3) is 0.192. The smallest absolute Gasteiger partial charge is 0.346 e. The standard InChI is InChI=1S/C73H71N5O4/c1-5-7-9-23-45-81-66-48-57(49-67(51-66)82-46-24-10-8-6-2)70(71-53(3)47-59(75-71)39-33-55-34-40-64(41-35-55)77(60-25-15-11-16-26-60)61-27-17-12-18-28-61)72-54(4)68(50-58(52-74)73(79)80)69(76-72)44-38-56-36-42-65(43-37-56)78(62-29-19-13-20-30-62)63-31-21-14-22-32-63/h11-22,25-44,47-51,76H,5-10,23-24,45-46H2,1-4H3,(H,79,80)/b39-33+,44-38+,58-50+,71-70+. The molecule has 0 unspecified atom stereocenters. The van der Waals surface area contributed by atoms with Gasteiger partial charge in [-0.2, -0.15) is 5.26 Å². The van der Waals surface area contributed by atoms with E-state index in [0.717, 1.165) is 130 Å². The van der Waals surface area contributed by atoms with Crippen LogP contribution < -0.4 is 19.3 Å². The zero-order valence-electron chi connectivity index (χ0n) is 47.4. The Morgan fingerprint density at radius 2 is 1.01 bits per heavy atom. The zero-order valence-corrected chi connectivity index (χ0v) is 47.4. The molecule has 9 heteroatoms. The van der Waals surface area contributed by atoms with Crippen LogP contribution in [0.3, 0.4) is 0 Å². The van der Waals surface area contributed by atoms with Crippen molar-refractivity contribution in [1.82, 2.24) is 4.98 Å². The number of carboxylic acid groups (broad SMARTS) is 1. The van der Waals surface area contributed by atoms with Gasteiger partial charge in [0.05, 0.1) is 30.3 Å². The Hall–Kier alpha value is -9.65. The van der Waals surface area contributed by atoms with Crippen LogP contribution in [-0.2, 0) is 4.79 Å². The second-order valence-electron chi connectivity index (χ2n) is 20.4. The predicted molar refractivity (Wildman–Crippen MR) is 340 cm³/mol. The van der Waals surface area contributed by atoms with Gasteiger partial charge in [0, 0.05) is 57.0 Å². The molecule has 82 heavy (non-hydrogen) atoms. The number of carboxylic acids is 1. The number of aromatic amines is 1. The number of benzene rings is 7. The van der Waals surface area contributed by atoms with E-state index in [2.05, 4.69) is 181 Å². The van der Waals surface area contributed by atoms with Crippen molar-refractivity contribution in [2.24, 2.45) is 4.99 Å². The van der Waals surface area contributed by atoms with Gasteiger partial charge in [-0.15, -0.1) is 0 Å². The Morgan fingerprint density at radius 3 is 1.44 bits per heavy atom. The van der Waals surface area contributed by atoms with Crippen LogP contribution >= 0.6 is 0 Å². The van der Waals surface area contributed by atoms with Gasteiger partial charge >= 0.3 is 5.97 Å². The zero-order chi connectivity index (χ0) is 57.0. The number of para-hydroxylation sites is 4. The first-order valence-electron chi connectivity index (χ1n) is 28.6. The number of allylic oxidation sites excluding steroid dienone is 3. The van der Waals surface area contributed by atoms with Gasteiger partial charge in [0.15, 0.2) is 0 Å². The Balaban J connectivity index is 1.14. The van der Waals surface area contributed by atoms with E-state index in [1.807, 2.05) is 85.8 Å². The molecule has 1 aromatic heterocycles. The number of nitrogens with one attached hydrogen (secondary N) is 1. The SMILES string of the molecule is CCCCCCOc1cc(OCCCCCC)cc(/C(=C2N=C(/C=C/c3ccc(N(c4ccccc4)c4ccccc4)cc3)C=C\2C)c2[nH]c(/C=C/c3ccc(N(c4ccccc4)c4ccccc4)cc3)c(/C=C(\C#N)C(=O)O)c2C)c1. The summed E-state index contributed by atoms with van der Waals surface area (Å²) in [6.07, 6.45) is 20.1. The molecule has 9 nitrogen and oxygen atoms in total. The van der Waals surface area contributed by atoms with Crippen LogP contribution in [0, 0.1) is 18.3 Å². The van der Waals surface area contributed by atoms with E-state index >= 15 is 0 Å². The number of ether oxygens (including phenoxy) is 2. The number of H-pyrrole nitrogens is 1. The molecule has 7 aromatic carbocycles. The Labute approximate surface area is 483 Å². The fourth-order valence-corrected chi connectivity index (χ4v) is 10.1. The van der Waals surface area contributed by atoms with E-state index in [0.29, 0.717) is 41.7 Å². The van der Waals surface area contributed by atoms with E-state index in [4.69, 9.17) is 14.5 Å². The molecular formula is C73H71N5O4. The highest BCUT2D eigenvalue weighted by Gasteiger charge is 2.25. The Bertz CT molecular complexity index is 3530. The minimum absolute atomic E-state index is 0.385. The average Bonchev–Trinajstić information content (AvgIpc) is 4.26. The lowest BCUT2D eigenvalue weighted by Gasteiger charge is -2.25. The van der Waals surface area contributed by atoms with Crippen molar-refractivity contribution in [1.29, 1.82) is 5.26 Å². The van der Waals surface area contributed by atoms with Gasteiger partial charge in [-0.1, -0.05) is 162 Å². The molecular weight excluding hydrogens is 1010 g/mol. The molecule has 0 saturated heterocycles. The van der Waals surface area contributed by atoms with Crippen LogP contribution in [0.25, 0.3) is 29.9 Å². The van der Waals surface area contributed by atoms with Crippen LogP contribution in [0.15, 0.2) is 222 Å². The number of anilines is 6. The molecule has 0 radical (unpaired) electrons. The van der Waals surface area contributed by atoms with E-state index in [1.54, 1.807) is 0 Å². The molecule has 0 aliphatic carbocycles. The average molecular weight is 1080 g/mol. The quantitative estimate of drug-likeness (QED) is 0.0315. The number of aromatic nitrogens is 1. The number of carbonyl (C=O) groups is 1. The van der Waals surface area contributed by atoms with E-state index in [9.17, 15) is 15.2 Å². The topological polar surface area (TPSA) is 114 Å². The lowest BCUT2D eigenvalue weighted by atomic mass is 9.94. The van der Waals surface area contributed by atoms with Gasteiger partial charge in [0.25, 0.3) is 0 Å². The summed E-state index contributed by atoms with van der Waals surface area (Å²) in [5, 5.41) is 20.4. The second kappa shape index (κ2) is 28.5. The monoisotopic (exact) mass is 1080 g/mol. The largest absolute Gasteiger partial charge is 0.493 e. The van der Waals surface area contributed by atoms with Crippen molar-refractivity contribution < 1.29 is 19.4 Å². The number of rotatable bonds is 26. The molecule has 8 aromatic rings. The maximum absolute atomic E-state index is 12.6. The van der Waals surface area contributed by atoms with Gasteiger partial charge in [0.1, 0.15) is 23.1 Å². The summed E-state index contributed by atoms with van der Waals surface area (Å²) in [5.41, 5.74) is 14.5. The minimum atomic E-state index is -1.31. The van der Waals surface area contributed by atoms with Gasteiger partial charge < -0.3 is 29.4 Å². The molecule has 0 bridgehead atoms. The summed E-state index contributed by atoms with van der Waals surface area (Å²) >= 11 is 0. The van der Waals surface area contributed by atoms with Gasteiger partial charge in [0.2, 0.25) is 0 Å². The van der Waals surface area contributed by atoms with Crippen molar-refractivity contribution in [3.8, 4) is 17.6 Å². The number of aliphatic carboxylic acids is 1. The first-order valence-corrected chi connectivity index (χ1v) is 28.6. The molecule has 0 spiro atoms. The number of nitriles is 1. The molecule has 1 aliphatic rings. The molecule has 412 valence electrons. The highest BCUT2D eigenvalue weighted by Crippen LogP contribution is 2.41. The van der Waals surface area contributed by atoms with Crippen LogP contribution in [0.4, 0.5) is 34.1 Å². The lowest BCUT2D eigenvalue weighted by Crippen LogP contribution is -2.09. The van der Waals surface area contributed by atoms with Crippen LogP contribution in [0.2, 0.25) is 0 Å². The third kappa shape index (κ3) is 14.6. The lowest BCUT2D eigenvalue weighted by molar-refractivity contribution is -0.132. The third-order valence-corrected chi connectivity index (χ3v) is 14.4. The van der Waals surface area contributed by atoms with Gasteiger partial charge in [-0.25, -0.2) is 9.79 Å². The number of hydrogen-bond acceptors (Lipinski definition) is 7. The number of nitrogens with zero attached hydrogens (tertiary/aromatic N) is 4. The van der Waals surface area contributed by atoms with Crippen LogP contribution in [-0.4, -0.2) is 35.0 Å². The summed E-state index contributed by atoms with van der Waals surface area (Å²) in [4.78, 5) is 26.2. The van der Waals surface area contributed by atoms with Crippen molar-refractivity contribution in [3.63, 3.8) is 0 Å². The summed E-state index contributed by atoms with van der Waals surface area (Å²) in [6.45, 7) is 9.55. The van der Waals surface area contributed by atoms with Crippen molar-refractivity contribution in [2.75, 3.05) is 23.0 Å². The van der Waals surface area contributed by atoms with E-state index in [1.165, 1.54) is 6.08 Å². The maximum atomic E-state index is 12.6. The minimum Gasteiger partial charge on any atom is -0.493 e.